The van der Waals surface area contributed by atoms with Gasteiger partial charge in [-0.15, -0.1) is 0 Å². The summed E-state index contributed by atoms with van der Waals surface area (Å²) in [6, 6.07) is 12.6. The van der Waals surface area contributed by atoms with Crippen LogP contribution in [0, 0.1) is 5.82 Å². The van der Waals surface area contributed by atoms with Crippen LogP contribution in [0.1, 0.15) is 24.1 Å². The van der Waals surface area contributed by atoms with Crippen LogP contribution in [0.15, 0.2) is 42.5 Å². The van der Waals surface area contributed by atoms with E-state index in [0.717, 1.165) is 11.1 Å². The summed E-state index contributed by atoms with van der Waals surface area (Å²) in [7, 11) is 0. The minimum atomic E-state index is -0.156. The number of hydrogen-bond donors (Lipinski definition) is 1. The zero-order valence-electron chi connectivity index (χ0n) is 11.2. The van der Waals surface area contributed by atoms with Gasteiger partial charge in [-0.3, -0.25) is 0 Å². The van der Waals surface area contributed by atoms with Gasteiger partial charge in [-0.05, 0) is 49.2 Å². The summed E-state index contributed by atoms with van der Waals surface area (Å²) in [5.41, 5.74) is 1.79. The molecule has 0 heterocycles. The standard InChI is InChI=1S/C16H16Cl2FN/c1-11(13-6-7-14(17)15(18)10-13)20-9-8-12-4-2-3-5-16(12)19/h2-7,10-11,20H,8-9H2,1H3. The van der Waals surface area contributed by atoms with Crippen LogP contribution in [0.3, 0.4) is 0 Å². The SMILES string of the molecule is CC(NCCc1ccccc1F)c1ccc(Cl)c(Cl)c1. The maximum Gasteiger partial charge on any atom is 0.126 e. The van der Waals surface area contributed by atoms with E-state index in [1.165, 1.54) is 6.07 Å². The lowest BCUT2D eigenvalue weighted by atomic mass is 10.1. The van der Waals surface area contributed by atoms with Crippen molar-refractivity contribution in [3.8, 4) is 0 Å². The molecule has 0 saturated heterocycles. The Labute approximate surface area is 128 Å². The van der Waals surface area contributed by atoms with Crippen molar-refractivity contribution in [1.29, 1.82) is 0 Å². The van der Waals surface area contributed by atoms with E-state index >= 15 is 0 Å². The van der Waals surface area contributed by atoms with Gasteiger partial charge in [0.15, 0.2) is 0 Å². The average Bonchev–Trinajstić information content (AvgIpc) is 2.44. The molecule has 0 spiro atoms. The third-order valence-electron chi connectivity index (χ3n) is 3.25. The summed E-state index contributed by atoms with van der Waals surface area (Å²) in [5.74, 6) is -0.156. The van der Waals surface area contributed by atoms with E-state index in [4.69, 9.17) is 23.2 Å². The van der Waals surface area contributed by atoms with Crippen molar-refractivity contribution >= 4 is 23.2 Å². The van der Waals surface area contributed by atoms with Crippen molar-refractivity contribution in [2.75, 3.05) is 6.54 Å². The van der Waals surface area contributed by atoms with E-state index in [1.807, 2.05) is 25.1 Å². The molecule has 106 valence electrons. The first kappa shape index (κ1) is 15.3. The second-order valence-corrected chi connectivity index (χ2v) is 5.51. The van der Waals surface area contributed by atoms with Gasteiger partial charge in [0, 0.05) is 6.04 Å². The lowest BCUT2D eigenvalue weighted by molar-refractivity contribution is 0.559. The van der Waals surface area contributed by atoms with Crippen molar-refractivity contribution in [3.63, 3.8) is 0 Å². The normalized spacial score (nSPS) is 12.4. The molecule has 2 aromatic carbocycles. The predicted octanol–water partition coefficient (Wildman–Crippen LogP) is 5.03. The minimum Gasteiger partial charge on any atom is -0.310 e. The minimum absolute atomic E-state index is 0.136. The summed E-state index contributed by atoms with van der Waals surface area (Å²) in [5, 5.41) is 4.45. The molecule has 2 rings (SSSR count). The Hall–Kier alpha value is -1.09. The van der Waals surface area contributed by atoms with E-state index in [1.54, 1.807) is 18.2 Å². The van der Waals surface area contributed by atoms with Gasteiger partial charge < -0.3 is 5.32 Å². The van der Waals surface area contributed by atoms with E-state index < -0.39 is 0 Å². The maximum absolute atomic E-state index is 13.5. The molecule has 1 nitrogen and oxygen atoms in total. The summed E-state index contributed by atoms with van der Waals surface area (Å²) in [6.45, 7) is 2.74. The van der Waals surface area contributed by atoms with Gasteiger partial charge in [-0.2, -0.15) is 0 Å². The molecule has 0 radical (unpaired) electrons. The molecule has 0 aliphatic heterocycles. The fraction of sp³-hybridized carbons (Fsp3) is 0.250. The van der Waals surface area contributed by atoms with Crippen LogP contribution in [0.2, 0.25) is 10.0 Å². The Morgan fingerprint density at radius 1 is 1.10 bits per heavy atom. The van der Waals surface area contributed by atoms with Crippen LogP contribution in [0.4, 0.5) is 4.39 Å². The van der Waals surface area contributed by atoms with Crippen molar-refractivity contribution in [1.82, 2.24) is 5.32 Å². The summed E-state index contributed by atoms with van der Waals surface area (Å²) in [6.07, 6.45) is 0.651. The monoisotopic (exact) mass is 311 g/mol. The lowest BCUT2D eigenvalue weighted by Gasteiger charge is -2.15. The Morgan fingerprint density at radius 3 is 2.55 bits per heavy atom. The highest BCUT2D eigenvalue weighted by atomic mass is 35.5. The quantitative estimate of drug-likeness (QED) is 0.817. The molecule has 0 bridgehead atoms. The molecule has 4 heteroatoms. The molecule has 20 heavy (non-hydrogen) atoms. The van der Waals surface area contributed by atoms with E-state index in [0.29, 0.717) is 23.0 Å². The van der Waals surface area contributed by atoms with Crippen LogP contribution < -0.4 is 5.32 Å². The molecular formula is C16H16Cl2FN. The third kappa shape index (κ3) is 3.95. The third-order valence-corrected chi connectivity index (χ3v) is 3.99. The van der Waals surface area contributed by atoms with Crippen LogP contribution in [0.5, 0.6) is 0 Å². The van der Waals surface area contributed by atoms with Crippen molar-refractivity contribution in [2.24, 2.45) is 0 Å². The zero-order valence-corrected chi connectivity index (χ0v) is 12.7. The highest BCUT2D eigenvalue weighted by molar-refractivity contribution is 6.42. The van der Waals surface area contributed by atoms with Crippen LogP contribution in [-0.4, -0.2) is 6.54 Å². The summed E-state index contributed by atoms with van der Waals surface area (Å²) >= 11 is 11.9. The molecule has 0 aliphatic rings. The van der Waals surface area contributed by atoms with Crippen LogP contribution >= 0.6 is 23.2 Å². The molecule has 0 fully saturated rings. The number of hydrogen-bond acceptors (Lipinski definition) is 1. The van der Waals surface area contributed by atoms with E-state index in [2.05, 4.69) is 5.32 Å². The fourth-order valence-electron chi connectivity index (χ4n) is 2.02. The Morgan fingerprint density at radius 2 is 1.85 bits per heavy atom. The molecule has 2 aromatic rings. The lowest BCUT2D eigenvalue weighted by Crippen LogP contribution is -2.21. The van der Waals surface area contributed by atoms with Crippen molar-refractivity contribution in [3.05, 3.63) is 69.5 Å². The molecule has 0 aromatic heterocycles. The van der Waals surface area contributed by atoms with Gasteiger partial charge in [0.05, 0.1) is 10.0 Å². The molecule has 1 atom stereocenters. The van der Waals surface area contributed by atoms with Gasteiger partial charge in [0.2, 0.25) is 0 Å². The highest BCUT2D eigenvalue weighted by Crippen LogP contribution is 2.25. The second kappa shape index (κ2) is 7.07. The van der Waals surface area contributed by atoms with Crippen molar-refractivity contribution < 1.29 is 4.39 Å². The largest absolute Gasteiger partial charge is 0.310 e. The van der Waals surface area contributed by atoms with Crippen LogP contribution in [-0.2, 0) is 6.42 Å². The summed E-state index contributed by atoms with van der Waals surface area (Å²) < 4.78 is 13.5. The topological polar surface area (TPSA) is 12.0 Å². The van der Waals surface area contributed by atoms with Gasteiger partial charge in [0.1, 0.15) is 5.82 Å². The number of benzene rings is 2. The highest BCUT2D eigenvalue weighted by Gasteiger charge is 2.07. The van der Waals surface area contributed by atoms with Crippen molar-refractivity contribution in [2.45, 2.75) is 19.4 Å². The molecule has 0 amide bonds. The Balaban J connectivity index is 1.90. The second-order valence-electron chi connectivity index (χ2n) is 4.69. The molecule has 0 aliphatic carbocycles. The van der Waals surface area contributed by atoms with Gasteiger partial charge >= 0.3 is 0 Å². The fourth-order valence-corrected chi connectivity index (χ4v) is 2.33. The van der Waals surface area contributed by atoms with E-state index in [9.17, 15) is 4.39 Å². The average molecular weight is 312 g/mol. The molecule has 0 saturated carbocycles. The number of rotatable bonds is 5. The molecule has 1 N–H and O–H groups in total. The zero-order chi connectivity index (χ0) is 14.5. The number of nitrogens with one attached hydrogen (secondary N) is 1. The summed E-state index contributed by atoms with van der Waals surface area (Å²) in [4.78, 5) is 0. The van der Waals surface area contributed by atoms with E-state index in [-0.39, 0.29) is 11.9 Å². The number of halogens is 3. The molecule has 1 unspecified atom stereocenters. The first-order valence-electron chi connectivity index (χ1n) is 6.49. The smallest absolute Gasteiger partial charge is 0.126 e. The Bertz CT molecular complexity index is 586. The predicted molar refractivity (Wildman–Crippen MR) is 83.0 cm³/mol. The van der Waals surface area contributed by atoms with Crippen LogP contribution in [0.25, 0.3) is 0 Å². The van der Waals surface area contributed by atoms with Gasteiger partial charge in [-0.25, -0.2) is 4.39 Å². The van der Waals surface area contributed by atoms with Gasteiger partial charge in [0.25, 0.3) is 0 Å². The first-order valence-corrected chi connectivity index (χ1v) is 7.25. The first-order chi connectivity index (χ1) is 9.58. The maximum atomic E-state index is 13.5. The Kier molecular flexibility index (Phi) is 5.41. The molecular weight excluding hydrogens is 296 g/mol. The van der Waals surface area contributed by atoms with Gasteiger partial charge in [-0.1, -0.05) is 47.5 Å².